The zero-order valence-electron chi connectivity index (χ0n) is 9.37. The summed E-state index contributed by atoms with van der Waals surface area (Å²) in [6, 6.07) is 2.21. The Morgan fingerprint density at radius 1 is 1.29 bits per heavy atom. The highest BCUT2D eigenvalue weighted by Crippen LogP contribution is 2.02. The van der Waals surface area contributed by atoms with E-state index in [4.69, 9.17) is 5.26 Å². The maximum atomic E-state index is 8.53. The summed E-state index contributed by atoms with van der Waals surface area (Å²) in [5.41, 5.74) is 0. The number of thiol groups is 1. The van der Waals surface area contributed by atoms with Crippen molar-refractivity contribution in [2.24, 2.45) is 5.92 Å². The summed E-state index contributed by atoms with van der Waals surface area (Å²) in [4.78, 5) is 2.39. The molecule has 0 rings (SSSR count). The standard InChI is InChI=1S/C11H22N2S/c1-11(2)10-13(8-5-6-12)7-3-4-9-14/h11,14H,3-5,7-10H2,1-2H3. The van der Waals surface area contributed by atoms with Crippen LogP contribution in [0.3, 0.4) is 0 Å². The lowest BCUT2D eigenvalue weighted by molar-refractivity contribution is 0.246. The van der Waals surface area contributed by atoms with Crippen molar-refractivity contribution in [1.29, 1.82) is 5.26 Å². The fourth-order valence-corrected chi connectivity index (χ4v) is 1.69. The molecule has 0 N–H and O–H groups in total. The zero-order chi connectivity index (χ0) is 10.8. The molecule has 0 heterocycles. The summed E-state index contributed by atoms with van der Waals surface area (Å²) in [5.74, 6) is 1.65. The van der Waals surface area contributed by atoms with Crippen molar-refractivity contribution in [3.63, 3.8) is 0 Å². The van der Waals surface area contributed by atoms with Crippen molar-refractivity contribution in [3.05, 3.63) is 0 Å². The van der Waals surface area contributed by atoms with E-state index in [2.05, 4.69) is 37.4 Å². The van der Waals surface area contributed by atoms with E-state index >= 15 is 0 Å². The van der Waals surface area contributed by atoms with Crippen molar-refractivity contribution in [2.45, 2.75) is 33.1 Å². The van der Waals surface area contributed by atoms with Gasteiger partial charge in [-0.05, 0) is 31.1 Å². The molecule has 0 aromatic carbocycles. The second-order valence-electron chi connectivity index (χ2n) is 4.03. The predicted octanol–water partition coefficient (Wildman–Crippen LogP) is 2.57. The van der Waals surface area contributed by atoms with E-state index < -0.39 is 0 Å². The van der Waals surface area contributed by atoms with Gasteiger partial charge in [-0.25, -0.2) is 0 Å². The smallest absolute Gasteiger partial charge is 0.0635 e. The molecule has 0 aromatic heterocycles. The van der Waals surface area contributed by atoms with Crippen LogP contribution in [0.15, 0.2) is 0 Å². The molecule has 0 aliphatic heterocycles. The Morgan fingerprint density at radius 3 is 2.50 bits per heavy atom. The van der Waals surface area contributed by atoms with Gasteiger partial charge in [-0.1, -0.05) is 13.8 Å². The highest BCUT2D eigenvalue weighted by Gasteiger charge is 2.05. The Bertz CT molecular complexity index is 163. The molecule has 0 radical (unpaired) electrons. The molecule has 0 aliphatic rings. The Morgan fingerprint density at radius 2 is 2.00 bits per heavy atom. The van der Waals surface area contributed by atoms with Crippen molar-refractivity contribution >= 4 is 12.6 Å². The molecule has 0 aliphatic carbocycles. The lowest BCUT2D eigenvalue weighted by Crippen LogP contribution is -2.29. The molecular formula is C11H22N2S. The fourth-order valence-electron chi connectivity index (χ4n) is 1.47. The van der Waals surface area contributed by atoms with Gasteiger partial charge < -0.3 is 4.90 Å². The summed E-state index contributed by atoms with van der Waals surface area (Å²) in [6.45, 7) is 7.58. The van der Waals surface area contributed by atoms with E-state index in [0.717, 1.165) is 25.4 Å². The van der Waals surface area contributed by atoms with E-state index in [1.54, 1.807) is 0 Å². The van der Waals surface area contributed by atoms with Crippen LogP contribution in [0.5, 0.6) is 0 Å². The largest absolute Gasteiger partial charge is 0.302 e. The van der Waals surface area contributed by atoms with Gasteiger partial charge in [0.2, 0.25) is 0 Å². The van der Waals surface area contributed by atoms with Gasteiger partial charge >= 0.3 is 0 Å². The second-order valence-corrected chi connectivity index (χ2v) is 4.48. The van der Waals surface area contributed by atoms with Crippen molar-refractivity contribution in [1.82, 2.24) is 4.90 Å². The van der Waals surface area contributed by atoms with Crippen LogP contribution in [0.4, 0.5) is 0 Å². The van der Waals surface area contributed by atoms with Crippen LogP contribution >= 0.6 is 12.6 Å². The van der Waals surface area contributed by atoms with Crippen LogP contribution in [-0.2, 0) is 0 Å². The minimum absolute atomic E-state index is 0.646. The molecule has 0 aromatic rings. The van der Waals surface area contributed by atoms with Crippen LogP contribution in [0.2, 0.25) is 0 Å². The highest BCUT2D eigenvalue weighted by atomic mass is 32.1. The molecule has 0 amide bonds. The van der Waals surface area contributed by atoms with Gasteiger partial charge in [-0.2, -0.15) is 17.9 Å². The lowest BCUT2D eigenvalue weighted by atomic mass is 10.2. The number of unbranched alkanes of at least 4 members (excludes halogenated alkanes) is 1. The minimum atomic E-state index is 0.646. The molecule has 0 saturated carbocycles. The summed E-state index contributed by atoms with van der Waals surface area (Å²) in [5, 5.41) is 8.53. The van der Waals surface area contributed by atoms with Crippen molar-refractivity contribution in [2.75, 3.05) is 25.4 Å². The van der Waals surface area contributed by atoms with Crippen LogP contribution < -0.4 is 0 Å². The third kappa shape index (κ3) is 8.40. The van der Waals surface area contributed by atoms with Crippen LogP contribution in [0, 0.1) is 17.2 Å². The summed E-state index contributed by atoms with van der Waals surface area (Å²) in [7, 11) is 0. The maximum absolute atomic E-state index is 8.53. The molecule has 0 unspecified atom stereocenters. The summed E-state index contributed by atoms with van der Waals surface area (Å²) in [6.07, 6.45) is 3.01. The molecule has 0 fully saturated rings. The number of rotatable bonds is 8. The lowest BCUT2D eigenvalue weighted by Gasteiger charge is -2.22. The van der Waals surface area contributed by atoms with E-state index in [1.807, 2.05) is 0 Å². The number of hydrogen-bond acceptors (Lipinski definition) is 3. The van der Waals surface area contributed by atoms with E-state index in [-0.39, 0.29) is 0 Å². The number of nitriles is 1. The maximum Gasteiger partial charge on any atom is 0.0635 e. The van der Waals surface area contributed by atoms with Crippen LogP contribution in [0.25, 0.3) is 0 Å². The minimum Gasteiger partial charge on any atom is -0.302 e. The first-order valence-corrected chi connectivity index (χ1v) is 6.04. The first kappa shape index (κ1) is 13.8. The Hall–Kier alpha value is -0.200. The molecule has 0 spiro atoms. The van der Waals surface area contributed by atoms with Crippen molar-refractivity contribution in [3.8, 4) is 6.07 Å². The zero-order valence-corrected chi connectivity index (χ0v) is 10.3. The first-order valence-electron chi connectivity index (χ1n) is 5.41. The Balaban J connectivity index is 3.67. The van der Waals surface area contributed by atoms with Gasteiger partial charge in [-0.3, -0.25) is 0 Å². The second kappa shape index (κ2) is 9.36. The van der Waals surface area contributed by atoms with E-state index in [9.17, 15) is 0 Å². The van der Waals surface area contributed by atoms with Crippen LogP contribution in [0.1, 0.15) is 33.1 Å². The quantitative estimate of drug-likeness (QED) is 0.496. The monoisotopic (exact) mass is 214 g/mol. The molecule has 0 bridgehead atoms. The third-order valence-corrected chi connectivity index (χ3v) is 2.36. The average Bonchev–Trinajstić information content (AvgIpc) is 2.13. The Kier molecular flexibility index (Phi) is 9.23. The van der Waals surface area contributed by atoms with Gasteiger partial charge in [0.15, 0.2) is 0 Å². The van der Waals surface area contributed by atoms with Gasteiger partial charge in [0.1, 0.15) is 0 Å². The molecule has 3 heteroatoms. The van der Waals surface area contributed by atoms with Gasteiger partial charge in [0.25, 0.3) is 0 Å². The molecular weight excluding hydrogens is 192 g/mol. The van der Waals surface area contributed by atoms with Gasteiger partial charge in [0, 0.05) is 19.5 Å². The SMILES string of the molecule is CC(C)CN(CCC#N)CCCCS. The molecule has 82 valence electrons. The normalized spacial score (nSPS) is 10.9. The number of nitrogens with zero attached hydrogens (tertiary/aromatic N) is 2. The van der Waals surface area contributed by atoms with Gasteiger partial charge in [-0.15, -0.1) is 0 Å². The number of hydrogen-bond donors (Lipinski definition) is 1. The first-order chi connectivity index (χ1) is 6.70. The topological polar surface area (TPSA) is 27.0 Å². The third-order valence-electron chi connectivity index (χ3n) is 2.05. The highest BCUT2D eigenvalue weighted by molar-refractivity contribution is 7.80. The summed E-state index contributed by atoms with van der Waals surface area (Å²) >= 11 is 4.19. The predicted molar refractivity (Wildman–Crippen MR) is 64.6 cm³/mol. The summed E-state index contributed by atoms with van der Waals surface area (Å²) < 4.78 is 0. The average molecular weight is 214 g/mol. The molecule has 2 nitrogen and oxygen atoms in total. The molecule has 0 atom stereocenters. The fraction of sp³-hybridized carbons (Fsp3) is 0.909. The molecule has 0 saturated heterocycles. The van der Waals surface area contributed by atoms with Gasteiger partial charge in [0.05, 0.1) is 6.07 Å². The van der Waals surface area contributed by atoms with Crippen LogP contribution in [-0.4, -0.2) is 30.3 Å². The van der Waals surface area contributed by atoms with E-state index in [0.29, 0.717) is 12.3 Å². The van der Waals surface area contributed by atoms with Crippen molar-refractivity contribution < 1.29 is 0 Å². The van der Waals surface area contributed by atoms with E-state index in [1.165, 1.54) is 12.8 Å². The molecule has 14 heavy (non-hydrogen) atoms. The Labute approximate surface area is 93.7 Å².